The largest absolute Gasteiger partial charge is 0.483 e. The second-order valence-corrected chi connectivity index (χ2v) is 7.02. The van der Waals surface area contributed by atoms with E-state index in [4.69, 9.17) is 14.2 Å². The first-order valence-corrected chi connectivity index (χ1v) is 8.77. The summed E-state index contributed by atoms with van der Waals surface area (Å²) >= 11 is 0. The van der Waals surface area contributed by atoms with Crippen LogP contribution in [0, 0.1) is 0 Å². The van der Waals surface area contributed by atoms with Crippen molar-refractivity contribution in [2.75, 3.05) is 25.2 Å². The number of hydrogen-bond donors (Lipinski definition) is 0. The van der Waals surface area contributed by atoms with Crippen LogP contribution in [0.4, 0.5) is 5.69 Å². The number of ether oxygens (including phenoxy) is 3. The van der Waals surface area contributed by atoms with Crippen molar-refractivity contribution in [1.29, 1.82) is 0 Å². The molecule has 0 atom stereocenters. The molecule has 142 valence electrons. The van der Waals surface area contributed by atoms with Crippen LogP contribution in [0.1, 0.15) is 19.4 Å². The van der Waals surface area contributed by atoms with Crippen molar-refractivity contribution in [3.63, 3.8) is 0 Å². The maximum Gasteiger partial charge on any atom is 0.344 e. The summed E-state index contributed by atoms with van der Waals surface area (Å²) in [5, 5.41) is 0. The topological polar surface area (TPSA) is 65.1 Å². The van der Waals surface area contributed by atoms with Crippen molar-refractivity contribution < 1.29 is 23.8 Å². The van der Waals surface area contributed by atoms with E-state index in [0.29, 0.717) is 11.5 Å². The van der Waals surface area contributed by atoms with Gasteiger partial charge >= 0.3 is 5.97 Å². The average Bonchev–Trinajstić information content (AvgIpc) is 2.98. The highest BCUT2D eigenvalue weighted by Gasteiger charge is 2.32. The monoisotopic (exact) mass is 369 g/mol. The zero-order chi connectivity index (χ0) is 19.4. The number of benzene rings is 2. The third-order valence-electron chi connectivity index (χ3n) is 4.27. The lowest BCUT2D eigenvalue weighted by Crippen LogP contribution is -2.31. The van der Waals surface area contributed by atoms with Crippen LogP contribution in [0.2, 0.25) is 0 Å². The third kappa shape index (κ3) is 4.58. The Kier molecular flexibility index (Phi) is 5.35. The van der Waals surface area contributed by atoms with Gasteiger partial charge in [-0.05, 0) is 32.0 Å². The summed E-state index contributed by atoms with van der Waals surface area (Å²) in [6.07, 6.45) is 0.782. The Bertz CT molecular complexity index is 832. The number of carbonyl (C=O) groups excluding carboxylic acids is 2. The molecule has 3 rings (SSSR count). The molecule has 2 aromatic rings. The second-order valence-electron chi connectivity index (χ2n) is 7.02. The summed E-state index contributed by atoms with van der Waals surface area (Å²) in [6.45, 7) is 3.37. The fourth-order valence-electron chi connectivity index (χ4n) is 2.91. The van der Waals surface area contributed by atoms with E-state index in [1.54, 1.807) is 25.2 Å². The number of rotatable bonds is 6. The standard InChI is InChI=1S/C21H23NO5/c1-21(2)12-15-8-7-11-17(20(15)27-21)25-14-19(24)26-13-18(23)22(3)16-9-5-4-6-10-16/h4-11H,12-14H2,1-3H3. The lowest BCUT2D eigenvalue weighted by atomic mass is 10.0. The van der Waals surface area contributed by atoms with E-state index < -0.39 is 5.97 Å². The van der Waals surface area contributed by atoms with Crippen LogP contribution >= 0.6 is 0 Å². The lowest BCUT2D eigenvalue weighted by Gasteiger charge is -2.18. The predicted molar refractivity (Wildman–Crippen MR) is 101 cm³/mol. The molecule has 6 heteroatoms. The van der Waals surface area contributed by atoms with E-state index in [1.807, 2.05) is 44.2 Å². The zero-order valence-electron chi connectivity index (χ0n) is 15.7. The lowest BCUT2D eigenvalue weighted by molar-refractivity contribution is -0.149. The number of carbonyl (C=O) groups is 2. The third-order valence-corrected chi connectivity index (χ3v) is 4.27. The molecule has 1 aliphatic rings. The number of esters is 1. The van der Waals surface area contributed by atoms with Gasteiger partial charge in [0.25, 0.3) is 5.91 Å². The van der Waals surface area contributed by atoms with Crippen molar-refractivity contribution in [2.24, 2.45) is 0 Å². The first-order valence-electron chi connectivity index (χ1n) is 8.77. The van der Waals surface area contributed by atoms with E-state index in [-0.39, 0.29) is 24.7 Å². The highest BCUT2D eigenvalue weighted by atomic mass is 16.6. The SMILES string of the molecule is CN(C(=O)COC(=O)COc1cccc2c1OC(C)(C)C2)c1ccccc1. The number of amides is 1. The van der Waals surface area contributed by atoms with Gasteiger partial charge < -0.3 is 19.1 Å². The molecule has 1 amide bonds. The van der Waals surface area contributed by atoms with Gasteiger partial charge in [-0.1, -0.05) is 30.3 Å². The molecule has 0 unspecified atom stereocenters. The fraction of sp³-hybridized carbons (Fsp3) is 0.333. The van der Waals surface area contributed by atoms with E-state index in [9.17, 15) is 9.59 Å². The van der Waals surface area contributed by atoms with Gasteiger partial charge in [-0.15, -0.1) is 0 Å². The number of nitrogens with zero attached hydrogens (tertiary/aromatic N) is 1. The normalized spacial score (nSPS) is 14.0. The molecule has 0 aromatic heterocycles. The predicted octanol–water partition coefficient (Wildman–Crippen LogP) is 2.99. The van der Waals surface area contributed by atoms with E-state index in [2.05, 4.69) is 0 Å². The molecule has 0 N–H and O–H groups in total. The first kappa shape index (κ1) is 18.8. The van der Waals surface area contributed by atoms with E-state index >= 15 is 0 Å². The summed E-state index contributed by atoms with van der Waals surface area (Å²) in [6, 6.07) is 14.7. The van der Waals surface area contributed by atoms with Crippen LogP contribution in [0.15, 0.2) is 48.5 Å². The molecule has 0 saturated carbocycles. The Hall–Kier alpha value is -3.02. The minimum absolute atomic E-state index is 0.289. The average molecular weight is 369 g/mol. The minimum atomic E-state index is -0.611. The van der Waals surface area contributed by atoms with E-state index in [1.165, 1.54) is 4.90 Å². The van der Waals surface area contributed by atoms with Crippen LogP contribution in [0.3, 0.4) is 0 Å². The highest BCUT2D eigenvalue weighted by Crippen LogP contribution is 2.41. The van der Waals surface area contributed by atoms with Crippen molar-refractivity contribution in [1.82, 2.24) is 0 Å². The molecule has 0 spiro atoms. The van der Waals surface area contributed by atoms with E-state index in [0.717, 1.165) is 17.7 Å². The Morgan fingerprint density at radius 1 is 1.07 bits per heavy atom. The van der Waals surface area contributed by atoms with Gasteiger partial charge in [0.1, 0.15) is 5.60 Å². The summed E-state index contributed by atoms with van der Waals surface area (Å²) in [5.41, 5.74) is 1.48. The molecule has 1 heterocycles. The molecule has 0 aliphatic carbocycles. The first-order chi connectivity index (χ1) is 12.9. The minimum Gasteiger partial charge on any atom is -0.483 e. The van der Waals surface area contributed by atoms with Crippen LogP contribution in [0.25, 0.3) is 0 Å². The van der Waals surface area contributed by atoms with Crippen molar-refractivity contribution in [2.45, 2.75) is 25.9 Å². The number of fused-ring (bicyclic) bond motifs is 1. The number of likely N-dealkylation sites (N-methyl/N-ethyl adjacent to an activating group) is 1. The maximum absolute atomic E-state index is 12.1. The molecule has 1 aliphatic heterocycles. The van der Waals surface area contributed by atoms with Gasteiger partial charge in [0, 0.05) is 24.7 Å². The van der Waals surface area contributed by atoms with Crippen molar-refractivity contribution >= 4 is 17.6 Å². The second kappa shape index (κ2) is 7.70. The summed E-state index contributed by atoms with van der Waals surface area (Å²) in [7, 11) is 1.63. The molecule has 0 fully saturated rings. The Morgan fingerprint density at radius 3 is 2.56 bits per heavy atom. The summed E-state index contributed by atoms with van der Waals surface area (Å²) in [4.78, 5) is 25.5. The fourth-order valence-corrected chi connectivity index (χ4v) is 2.91. The summed E-state index contributed by atoms with van der Waals surface area (Å²) in [5.74, 6) is 0.234. The van der Waals surface area contributed by atoms with Crippen molar-refractivity contribution in [3.8, 4) is 11.5 Å². The smallest absolute Gasteiger partial charge is 0.344 e. The van der Waals surface area contributed by atoms with Gasteiger partial charge in [0.15, 0.2) is 24.7 Å². The number of hydrogen-bond acceptors (Lipinski definition) is 5. The molecule has 6 nitrogen and oxygen atoms in total. The molecular weight excluding hydrogens is 346 g/mol. The number of anilines is 1. The molecule has 0 bridgehead atoms. The Morgan fingerprint density at radius 2 is 1.81 bits per heavy atom. The molecule has 2 aromatic carbocycles. The maximum atomic E-state index is 12.1. The van der Waals surface area contributed by atoms with Crippen LogP contribution < -0.4 is 14.4 Å². The molecular formula is C21H23NO5. The van der Waals surface area contributed by atoms with Crippen LogP contribution in [-0.2, 0) is 20.7 Å². The highest BCUT2D eigenvalue weighted by molar-refractivity contribution is 5.94. The molecule has 27 heavy (non-hydrogen) atoms. The quantitative estimate of drug-likeness (QED) is 0.733. The molecule has 0 radical (unpaired) electrons. The van der Waals surface area contributed by atoms with Crippen LogP contribution in [0.5, 0.6) is 11.5 Å². The van der Waals surface area contributed by atoms with Gasteiger partial charge in [-0.3, -0.25) is 4.79 Å². The summed E-state index contributed by atoms with van der Waals surface area (Å²) < 4.78 is 16.5. The number of para-hydroxylation sites is 2. The van der Waals surface area contributed by atoms with Gasteiger partial charge in [-0.25, -0.2) is 4.79 Å². The zero-order valence-corrected chi connectivity index (χ0v) is 15.7. The molecule has 0 saturated heterocycles. The Balaban J connectivity index is 1.50. The van der Waals surface area contributed by atoms with Crippen LogP contribution in [-0.4, -0.2) is 37.7 Å². The Labute approximate surface area is 158 Å². The van der Waals surface area contributed by atoms with Gasteiger partial charge in [-0.2, -0.15) is 0 Å². The van der Waals surface area contributed by atoms with Gasteiger partial charge in [0.05, 0.1) is 0 Å². The van der Waals surface area contributed by atoms with Crippen molar-refractivity contribution in [3.05, 3.63) is 54.1 Å². The van der Waals surface area contributed by atoms with Gasteiger partial charge in [0.2, 0.25) is 0 Å².